The zero-order valence-corrected chi connectivity index (χ0v) is 13.5. The highest BCUT2D eigenvalue weighted by molar-refractivity contribution is 5.93. The Morgan fingerprint density at radius 1 is 1.32 bits per heavy atom. The van der Waals surface area contributed by atoms with Gasteiger partial charge < -0.3 is 16.0 Å². The number of anilines is 1. The number of nitrogens with two attached hydrogens (primary N) is 1. The van der Waals surface area contributed by atoms with E-state index < -0.39 is 0 Å². The van der Waals surface area contributed by atoms with Crippen molar-refractivity contribution in [3.05, 3.63) is 29.8 Å². The van der Waals surface area contributed by atoms with Gasteiger partial charge in [0.25, 0.3) is 0 Å². The Bertz CT molecular complexity index is 518. The zero-order valence-electron chi connectivity index (χ0n) is 13.5. The molecular formula is C17H26N4O. The summed E-state index contributed by atoms with van der Waals surface area (Å²) in [5.41, 5.74) is 8.05. The maximum Gasteiger partial charge on any atom is 0.244 e. The molecule has 5 nitrogen and oxygen atoms in total. The quantitative estimate of drug-likeness (QED) is 0.648. The van der Waals surface area contributed by atoms with E-state index in [4.69, 9.17) is 5.73 Å². The van der Waals surface area contributed by atoms with E-state index >= 15 is 0 Å². The van der Waals surface area contributed by atoms with Crippen molar-refractivity contribution in [1.29, 1.82) is 0 Å². The average Bonchev–Trinajstić information content (AvgIpc) is 3.07. The molecule has 0 bridgehead atoms. The van der Waals surface area contributed by atoms with Crippen molar-refractivity contribution < 1.29 is 4.79 Å². The molecule has 0 spiro atoms. The van der Waals surface area contributed by atoms with Crippen LogP contribution < -0.4 is 11.1 Å². The molecule has 1 aromatic carbocycles. The number of aliphatic imine (C=N–C) groups is 1. The first-order valence-corrected chi connectivity index (χ1v) is 8.04. The van der Waals surface area contributed by atoms with Crippen molar-refractivity contribution in [2.45, 2.75) is 39.0 Å². The van der Waals surface area contributed by atoms with Crippen LogP contribution in [0.1, 0.15) is 44.6 Å². The molecule has 0 aliphatic carbocycles. The van der Waals surface area contributed by atoms with Crippen LogP contribution in [-0.2, 0) is 4.79 Å². The van der Waals surface area contributed by atoms with Gasteiger partial charge in [0.05, 0.1) is 0 Å². The Morgan fingerprint density at radius 2 is 1.95 bits per heavy atom. The molecule has 1 aliphatic heterocycles. The molecule has 0 radical (unpaired) electrons. The maximum atomic E-state index is 11.9. The van der Waals surface area contributed by atoms with Gasteiger partial charge in [-0.25, -0.2) is 4.99 Å². The number of likely N-dealkylation sites (tertiary alicyclic amines) is 1. The molecule has 1 heterocycles. The number of nitrogens with one attached hydrogen (secondary N) is 1. The highest BCUT2D eigenvalue weighted by atomic mass is 16.2. The summed E-state index contributed by atoms with van der Waals surface area (Å²) in [6, 6.07) is 8.18. The molecule has 3 N–H and O–H groups in total. The first-order valence-electron chi connectivity index (χ1n) is 8.04. The van der Waals surface area contributed by atoms with Gasteiger partial charge in [-0.2, -0.15) is 0 Å². The molecule has 1 unspecified atom stereocenters. The van der Waals surface area contributed by atoms with Crippen molar-refractivity contribution in [3.8, 4) is 0 Å². The van der Waals surface area contributed by atoms with Crippen LogP contribution in [-0.4, -0.2) is 36.4 Å². The first kappa shape index (κ1) is 16.3. The Kier molecular flexibility index (Phi) is 5.81. The van der Waals surface area contributed by atoms with Crippen LogP contribution in [0.2, 0.25) is 0 Å². The topological polar surface area (TPSA) is 70.7 Å². The smallest absolute Gasteiger partial charge is 0.244 e. The van der Waals surface area contributed by atoms with Crippen LogP contribution in [0.5, 0.6) is 0 Å². The van der Waals surface area contributed by atoms with E-state index in [0.29, 0.717) is 5.92 Å². The SMILES string of the molecule is CCC(C)c1ccc(NC(N)=NCC(=O)N2CCCC2)cc1. The minimum absolute atomic E-state index is 0.0503. The lowest BCUT2D eigenvalue weighted by Gasteiger charge is -2.14. The number of amides is 1. The number of carbonyl (C=O) groups excluding carboxylic acids is 1. The molecule has 1 aromatic rings. The fourth-order valence-corrected chi connectivity index (χ4v) is 2.54. The molecule has 0 aromatic heterocycles. The number of hydrogen-bond donors (Lipinski definition) is 2. The molecule has 1 saturated heterocycles. The molecule has 1 amide bonds. The van der Waals surface area contributed by atoms with Gasteiger partial charge in [0.2, 0.25) is 5.91 Å². The standard InChI is InChI=1S/C17H26N4O/c1-3-13(2)14-6-8-15(9-7-14)20-17(18)19-12-16(22)21-10-4-5-11-21/h6-9,13H,3-5,10-12H2,1-2H3,(H3,18,19,20). The highest BCUT2D eigenvalue weighted by Gasteiger charge is 2.17. The van der Waals surface area contributed by atoms with Crippen LogP contribution in [0.25, 0.3) is 0 Å². The molecule has 120 valence electrons. The Morgan fingerprint density at radius 3 is 2.55 bits per heavy atom. The first-order chi connectivity index (χ1) is 10.6. The van der Waals surface area contributed by atoms with Gasteiger partial charge in [-0.15, -0.1) is 0 Å². The normalized spacial score (nSPS) is 16.6. The lowest BCUT2D eigenvalue weighted by atomic mass is 9.99. The Balaban J connectivity index is 1.86. The molecule has 5 heteroatoms. The molecule has 22 heavy (non-hydrogen) atoms. The summed E-state index contributed by atoms with van der Waals surface area (Å²) in [5, 5.41) is 3.03. The van der Waals surface area contributed by atoms with Crippen molar-refractivity contribution in [2.75, 3.05) is 25.0 Å². The molecule has 1 aliphatic rings. The van der Waals surface area contributed by atoms with Gasteiger partial charge in [0.1, 0.15) is 6.54 Å². The minimum atomic E-state index is 0.0503. The lowest BCUT2D eigenvalue weighted by Crippen LogP contribution is -2.31. The average molecular weight is 302 g/mol. The van der Waals surface area contributed by atoms with E-state index in [1.54, 1.807) is 0 Å². The second-order valence-corrected chi connectivity index (χ2v) is 5.85. The number of nitrogens with zero attached hydrogens (tertiary/aromatic N) is 2. The van der Waals surface area contributed by atoms with Crippen LogP contribution in [0.3, 0.4) is 0 Å². The van der Waals surface area contributed by atoms with Crippen LogP contribution in [0.15, 0.2) is 29.3 Å². The van der Waals surface area contributed by atoms with E-state index in [9.17, 15) is 4.79 Å². The van der Waals surface area contributed by atoms with Crippen LogP contribution in [0, 0.1) is 0 Å². The second kappa shape index (κ2) is 7.82. The van der Waals surface area contributed by atoms with E-state index in [2.05, 4.69) is 36.3 Å². The van der Waals surface area contributed by atoms with Crippen LogP contribution in [0.4, 0.5) is 5.69 Å². The maximum absolute atomic E-state index is 11.9. The molecule has 0 saturated carbocycles. The van der Waals surface area contributed by atoms with Gasteiger partial charge >= 0.3 is 0 Å². The summed E-state index contributed by atoms with van der Waals surface area (Å²) < 4.78 is 0. The van der Waals surface area contributed by atoms with Gasteiger partial charge in [0.15, 0.2) is 5.96 Å². The highest BCUT2D eigenvalue weighted by Crippen LogP contribution is 2.20. The van der Waals surface area contributed by atoms with E-state index in [1.807, 2.05) is 17.0 Å². The number of rotatable bonds is 5. The number of guanidine groups is 1. The van der Waals surface area contributed by atoms with E-state index in [0.717, 1.165) is 38.0 Å². The summed E-state index contributed by atoms with van der Waals surface area (Å²) in [7, 11) is 0. The van der Waals surface area contributed by atoms with Crippen LogP contribution >= 0.6 is 0 Å². The fraction of sp³-hybridized carbons (Fsp3) is 0.529. The van der Waals surface area contributed by atoms with Crippen molar-refractivity contribution in [2.24, 2.45) is 10.7 Å². The fourth-order valence-electron chi connectivity index (χ4n) is 2.54. The van der Waals surface area contributed by atoms with Crippen molar-refractivity contribution >= 4 is 17.6 Å². The third kappa shape index (κ3) is 4.48. The third-order valence-electron chi connectivity index (χ3n) is 4.21. The Hall–Kier alpha value is -2.04. The van der Waals surface area contributed by atoms with Crippen molar-refractivity contribution in [1.82, 2.24) is 4.90 Å². The monoisotopic (exact) mass is 302 g/mol. The summed E-state index contributed by atoms with van der Waals surface area (Å²) in [4.78, 5) is 17.9. The van der Waals surface area contributed by atoms with Gasteiger partial charge in [0, 0.05) is 18.8 Å². The minimum Gasteiger partial charge on any atom is -0.370 e. The third-order valence-corrected chi connectivity index (χ3v) is 4.21. The van der Waals surface area contributed by atoms with Crippen molar-refractivity contribution in [3.63, 3.8) is 0 Å². The predicted molar refractivity (Wildman–Crippen MR) is 91.1 cm³/mol. The molecule has 1 atom stereocenters. The number of hydrogen-bond acceptors (Lipinski definition) is 2. The zero-order chi connectivity index (χ0) is 15.9. The summed E-state index contributed by atoms with van der Waals surface area (Å²) in [5.74, 6) is 0.886. The molecule has 2 rings (SSSR count). The summed E-state index contributed by atoms with van der Waals surface area (Å²) in [6.07, 6.45) is 3.30. The van der Waals surface area contributed by atoms with Gasteiger partial charge in [-0.1, -0.05) is 26.0 Å². The summed E-state index contributed by atoms with van der Waals surface area (Å²) in [6.45, 7) is 6.20. The van der Waals surface area contributed by atoms with E-state index in [1.165, 1.54) is 5.56 Å². The second-order valence-electron chi connectivity index (χ2n) is 5.85. The van der Waals surface area contributed by atoms with E-state index in [-0.39, 0.29) is 18.4 Å². The number of carbonyl (C=O) groups is 1. The number of benzene rings is 1. The lowest BCUT2D eigenvalue weighted by molar-refractivity contribution is -0.128. The largest absolute Gasteiger partial charge is 0.370 e. The molecular weight excluding hydrogens is 276 g/mol. The van der Waals surface area contributed by atoms with Gasteiger partial charge in [-0.3, -0.25) is 4.79 Å². The predicted octanol–water partition coefficient (Wildman–Crippen LogP) is 2.55. The summed E-state index contributed by atoms with van der Waals surface area (Å²) >= 11 is 0. The Labute approximate surface area is 132 Å². The molecule has 1 fully saturated rings. The van der Waals surface area contributed by atoms with Gasteiger partial charge in [-0.05, 0) is 42.9 Å².